The number of para-hydroxylation sites is 1. The molecule has 2 amide bonds. The highest BCUT2D eigenvalue weighted by molar-refractivity contribution is 7.80. The summed E-state index contributed by atoms with van der Waals surface area (Å²) in [7, 11) is 1.72. The summed E-state index contributed by atoms with van der Waals surface area (Å²) in [5.41, 5.74) is 2.32. The third-order valence-corrected chi connectivity index (χ3v) is 4.61. The molecule has 0 heterocycles. The number of hydrogen-bond donors (Lipinski definition) is 2. The molecule has 0 unspecified atom stereocenters. The number of halogens is 1. The largest absolute Gasteiger partial charge is 0.332 e. The van der Waals surface area contributed by atoms with E-state index in [1.54, 1.807) is 60.5 Å². The summed E-state index contributed by atoms with van der Waals surface area (Å²) in [6.07, 6.45) is 0. The molecule has 29 heavy (non-hydrogen) atoms. The van der Waals surface area contributed by atoms with Gasteiger partial charge in [0.15, 0.2) is 5.11 Å². The van der Waals surface area contributed by atoms with Crippen molar-refractivity contribution in [2.24, 2.45) is 0 Å². The Labute approximate surface area is 179 Å². The monoisotopic (exact) mass is 423 g/mol. The lowest BCUT2D eigenvalue weighted by atomic mass is 10.1. The quantitative estimate of drug-likeness (QED) is 0.595. The lowest BCUT2D eigenvalue weighted by Crippen LogP contribution is -2.34. The zero-order valence-electron chi connectivity index (χ0n) is 15.6. The highest BCUT2D eigenvalue weighted by Crippen LogP contribution is 2.17. The van der Waals surface area contributed by atoms with E-state index in [-0.39, 0.29) is 16.9 Å². The van der Waals surface area contributed by atoms with Crippen LogP contribution in [-0.2, 0) is 0 Å². The SMILES string of the molecule is CN(C(=O)c1cccc(NC(=S)NC(=O)c2ccc(Cl)cc2)c1)c1ccccc1. The molecule has 0 atom stereocenters. The molecule has 2 N–H and O–H groups in total. The van der Waals surface area contributed by atoms with Crippen molar-refractivity contribution in [3.05, 3.63) is 95.0 Å². The van der Waals surface area contributed by atoms with Crippen LogP contribution in [0.5, 0.6) is 0 Å². The number of rotatable bonds is 4. The Morgan fingerprint density at radius 3 is 2.28 bits per heavy atom. The molecule has 0 fully saturated rings. The number of benzene rings is 3. The Hall–Kier alpha value is -3.22. The maximum Gasteiger partial charge on any atom is 0.258 e. The number of carbonyl (C=O) groups is 2. The molecular weight excluding hydrogens is 406 g/mol. The fourth-order valence-electron chi connectivity index (χ4n) is 2.63. The van der Waals surface area contributed by atoms with Crippen molar-refractivity contribution in [2.45, 2.75) is 0 Å². The summed E-state index contributed by atoms with van der Waals surface area (Å²) in [6.45, 7) is 0. The first-order valence-corrected chi connectivity index (χ1v) is 9.54. The molecule has 3 aromatic carbocycles. The van der Waals surface area contributed by atoms with Crippen molar-refractivity contribution < 1.29 is 9.59 Å². The van der Waals surface area contributed by atoms with Gasteiger partial charge >= 0.3 is 0 Å². The molecule has 0 aliphatic rings. The molecule has 0 aromatic heterocycles. The topological polar surface area (TPSA) is 61.4 Å². The molecule has 0 saturated heterocycles. The van der Waals surface area contributed by atoms with Crippen molar-refractivity contribution in [2.75, 3.05) is 17.3 Å². The van der Waals surface area contributed by atoms with Gasteiger partial charge in [0.2, 0.25) is 0 Å². The summed E-state index contributed by atoms with van der Waals surface area (Å²) in [5.74, 6) is -0.508. The van der Waals surface area contributed by atoms with E-state index >= 15 is 0 Å². The molecule has 0 bridgehead atoms. The normalized spacial score (nSPS) is 10.1. The van der Waals surface area contributed by atoms with Crippen LogP contribution in [-0.4, -0.2) is 24.0 Å². The third-order valence-electron chi connectivity index (χ3n) is 4.15. The van der Waals surface area contributed by atoms with E-state index in [0.29, 0.717) is 21.8 Å². The second-order valence-corrected chi connectivity index (χ2v) is 7.04. The van der Waals surface area contributed by atoms with E-state index in [0.717, 1.165) is 5.69 Å². The summed E-state index contributed by atoms with van der Waals surface area (Å²) in [6, 6.07) is 22.8. The predicted molar refractivity (Wildman–Crippen MR) is 121 cm³/mol. The molecule has 7 heteroatoms. The Kier molecular flexibility index (Phi) is 6.59. The van der Waals surface area contributed by atoms with Crippen LogP contribution in [0.25, 0.3) is 0 Å². The Bertz CT molecular complexity index is 1040. The molecule has 5 nitrogen and oxygen atoms in total. The van der Waals surface area contributed by atoms with Gasteiger partial charge in [-0.1, -0.05) is 35.9 Å². The average molecular weight is 424 g/mol. The number of carbonyl (C=O) groups excluding carboxylic acids is 2. The van der Waals surface area contributed by atoms with Crippen molar-refractivity contribution in [1.82, 2.24) is 5.32 Å². The number of hydrogen-bond acceptors (Lipinski definition) is 3. The van der Waals surface area contributed by atoms with Gasteiger partial charge in [0.1, 0.15) is 0 Å². The summed E-state index contributed by atoms with van der Waals surface area (Å²) < 4.78 is 0. The van der Waals surface area contributed by atoms with Crippen LogP contribution in [0.3, 0.4) is 0 Å². The van der Waals surface area contributed by atoms with Crippen LogP contribution in [0.15, 0.2) is 78.9 Å². The second-order valence-electron chi connectivity index (χ2n) is 6.20. The third kappa shape index (κ3) is 5.40. The van der Waals surface area contributed by atoms with E-state index in [2.05, 4.69) is 10.6 Å². The van der Waals surface area contributed by atoms with Gasteiger partial charge in [0.25, 0.3) is 11.8 Å². The van der Waals surface area contributed by atoms with Crippen LogP contribution in [0.1, 0.15) is 20.7 Å². The van der Waals surface area contributed by atoms with Gasteiger partial charge in [-0.25, -0.2) is 0 Å². The zero-order chi connectivity index (χ0) is 20.8. The van der Waals surface area contributed by atoms with E-state index in [9.17, 15) is 9.59 Å². The standard InChI is InChI=1S/C22H18ClN3O2S/c1-26(19-8-3-2-4-9-19)21(28)16-6-5-7-18(14-16)24-22(29)25-20(27)15-10-12-17(23)13-11-15/h2-14H,1H3,(H2,24,25,27,29). The first kappa shape index (κ1) is 20.5. The summed E-state index contributed by atoms with van der Waals surface area (Å²) in [5, 5.41) is 6.21. The van der Waals surface area contributed by atoms with Gasteiger partial charge in [0, 0.05) is 34.6 Å². The Balaban J connectivity index is 1.66. The minimum absolute atomic E-state index is 0.131. The smallest absolute Gasteiger partial charge is 0.258 e. The van der Waals surface area contributed by atoms with Crippen molar-refractivity contribution in [3.63, 3.8) is 0 Å². The molecular formula is C22H18ClN3O2S. The maximum atomic E-state index is 12.8. The molecule has 0 saturated carbocycles. The average Bonchev–Trinajstić information content (AvgIpc) is 2.73. The lowest BCUT2D eigenvalue weighted by molar-refractivity contribution is 0.0974. The molecule has 0 aliphatic heterocycles. The highest BCUT2D eigenvalue weighted by atomic mass is 35.5. The van der Waals surface area contributed by atoms with Crippen LogP contribution in [0.4, 0.5) is 11.4 Å². The Morgan fingerprint density at radius 1 is 0.897 bits per heavy atom. The van der Waals surface area contributed by atoms with Crippen LogP contribution in [0, 0.1) is 0 Å². The lowest BCUT2D eigenvalue weighted by Gasteiger charge is -2.18. The molecule has 3 aromatic rings. The van der Waals surface area contributed by atoms with Gasteiger partial charge in [0.05, 0.1) is 0 Å². The van der Waals surface area contributed by atoms with Crippen molar-refractivity contribution >= 4 is 52.1 Å². The van der Waals surface area contributed by atoms with Crippen LogP contribution < -0.4 is 15.5 Å². The van der Waals surface area contributed by atoms with E-state index in [1.807, 2.05) is 30.3 Å². The summed E-state index contributed by atoms with van der Waals surface area (Å²) in [4.78, 5) is 26.6. The Morgan fingerprint density at radius 2 is 1.59 bits per heavy atom. The van der Waals surface area contributed by atoms with E-state index in [4.69, 9.17) is 23.8 Å². The van der Waals surface area contributed by atoms with E-state index in [1.165, 1.54) is 0 Å². The second kappa shape index (κ2) is 9.32. The van der Waals surface area contributed by atoms with Gasteiger partial charge < -0.3 is 10.2 Å². The number of nitrogens with one attached hydrogen (secondary N) is 2. The molecule has 3 rings (SSSR count). The maximum absolute atomic E-state index is 12.8. The van der Waals surface area contributed by atoms with Crippen LogP contribution >= 0.6 is 23.8 Å². The molecule has 0 aliphatic carbocycles. The number of nitrogens with zero attached hydrogens (tertiary/aromatic N) is 1. The van der Waals surface area contributed by atoms with E-state index < -0.39 is 0 Å². The van der Waals surface area contributed by atoms with Gasteiger partial charge in [-0.2, -0.15) is 0 Å². The molecule has 146 valence electrons. The van der Waals surface area contributed by atoms with Crippen molar-refractivity contribution in [1.29, 1.82) is 0 Å². The molecule has 0 spiro atoms. The predicted octanol–water partition coefficient (Wildman–Crippen LogP) is 4.74. The number of anilines is 2. The highest BCUT2D eigenvalue weighted by Gasteiger charge is 2.14. The van der Waals surface area contributed by atoms with Gasteiger partial charge in [-0.05, 0) is 66.8 Å². The first-order valence-electron chi connectivity index (χ1n) is 8.75. The first-order chi connectivity index (χ1) is 13.9. The summed E-state index contributed by atoms with van der Waals surface area (Å²) >= 11 is 11.0. The minimum atomic E-state index is -0.352. The van der Waals surface area contributed by atoms with Gasteiger partial charge in [-0.15, -0.1) is 0 Å². The zero-order valence-corrected chi connectivity index (χ0v) is 17.1. The fraction of sp³-hybridized carbons (Fsp3) is 0.0455. The van der Waals surface area contributed by atoms with Gasteiger partial charge in [-0.3, -0.25) is 14.9 Å². The minimum Gasteiger partial charge on any atom is -0.332 e. The number of thiocarbonyl (C=S) groups is 1. The fourth-order valence-corrected chi connectivity index (χ4v) is 2.97. The van der Waals surface area contributed by atoms with Crippen molar-refractivity contribution in [3.8, 4) is 0 Å². The van der Waals surface area contributed by atoms with Crippen LogP contribution in [0.2, 0.25) is 5.02 Å². The number of amides is 2. The molecule has 0 radical (unpaired) electrons.